The molecule has 0 aliphatic heterocycles. The lowest BCUT2D eigenvalue weighted by Gasteiger charge is -1.98. The summed E-state index contributed by atoms with van der Waals surface area (Å²) >= 11 is 0. The van der Waals surface area contributed by atoms with Crippen molar-refractivity contribution in [1.29, 1.82) is 0 Å². The van der Waals surface area contributed by atoms with Gasteiger partial charge in [-0.05, 0) is 19.8 Å². The summed E-state index contributed by atoms with van der Waals surface area (Å²) in [5.74, 6) is -1.48. The lowest BCUT2D eigenvalue weighted by molar-refractivity contribution is -0.138. The predicted molar refractivity (Wildman–Crippen MR) is 70.0 cm³/mol. The summed E-state index contributed by atoms with van der Waals surface area (Å²) in [7, 11) is 0. The molecular weight excluding hydrogens is 238 g/mol. The second-order valence-corrected chi connectivity index (χ2v) is 3.73. The quantitative estimate of drug-likeness (QED) is 0.474. The SMILES string of the molecule is CCO.N.O=C(O)CCCCCCCCC(=O)O. The first kappa shape index (κ1) is 22.1. The molecule has 0 heterocycles. The number of aliphatic carboxylic acids is 2. The fourth-order valence-corrected chi connectivity index (χ4v) is 1.26. The van der Waals surface area contributed by atoms with Crippen molar-refractivity contribution in [1.82, 2.24) is 6.15 Å². The zero-order valence-corrected chi connectivity index (χ0v) is 11.2. The van der Waals surface area contributed by atoms with E-state index >= 15 is 0 Å². The Bertz CT molecular complexity index is 177. The summed E-state index contributed by atoms with van der Waals surface area (Å²) in [6.45, 7) is 1.93. The fourth-order valence-electron chi connectivity index (χ4n) is 1.26. The van der Waals surface area contributed by atoms with Gasteiger partial charge in [0.1, 0.15) is 0 Å². The van der Waals surface area contributed by atoms with Crippen LogP contribution < -0.4 is 6.15 Å². The standard InChI is InChI=1S/C10H18O4.C2H6O.H3N/c11-9(12)7-5-3-1-2-4-6-8-10(13)14;1-2-3;/h1-8H2,(H,11,12)(H,13,14);3H,2H2,1H3;1H3. The number of hydrogen-bond donors (Lipinski definition) is 4. The van der Waals surface area contributed by atoms with E-state index in [4.69, 9.17) is 15.3 Å². The number of carbonyl (C=O) groups is 2. The van der Waals surface area contributed by atoms with Crippen LogP contribution in [0.4, 0.5) is 0 Å². The van der Waals surface area contributed by atoms with Crippen LogP contribution in [0.25, 0.3) is 0 Å². The van der Waals surface area contributed by atoms with Crippen molar-refractivity contribution in [2.24, 2.45) is 0 Å². The van der Waals surface area contributed by atoms with Crippen molar-refractivity contribution in [3.63, 3.8) is 0 Å². The number of aliphatic hydroxyl groups is 1. The van der Waals surface area contributed by atoms with Crippen LogP contribution in [0.1, 0.15) is 58.3 Å². The molecule has 0 saturated heterocycles. The molecule has 0 aliphatic rings. The van der Waals surface area contributed by atoms with Gasteiger partial charge in [-0.25, -0.2) is 0 Å². The number of carboxylic acids is 2. The molecule has 0 fully saturated rings. The Kier molecular flexibility index (Phi) is 22.4. The summed E-state index contributed by atoms with van der Waals surface area (Å²) in [5.41, 5.74) is 0. The third-order valence-corrected chi connectivity index (χ3v) is 2.03. The molecule has 0 amide bonds. The summed E-state index contributed by atoms with van der Waals surface area (Å²) in [6, 6.07) is 0. The average Bonchev–Trinajstić information content (AvgIpc) is 2.22. The monoisotopic (exact) mass is 265 g/mol. The molecule has 18 heavy (non-hydrogen) atoms. The third kappa shape index (κ3) is 29.4. The van der Waals surface area contributed by atoms with E-state index in [1.165, 1.54) is 0 Å². The van der Waals surface area contributed by atoms with E-state index < -0.39 is 11.9 Å². The molecule has 6 N–H and O–H groups in total. The minimum Gasteiger partial charge on any atom is -0.481 e. The summed E-state index contributed by atoms with van der Waals surface area (Å²) in [6.07, 6.45) is 5.82. The maximum atomic E-state index is 10.1. The molecule has 0 aliphatic carbocycles. The van der Waals surface area contributed by atoms with Gasteiger partial charge in [0.05, 0.1) is 0 Å². The molecule has 0 spiro atoms. The van der Waals surface area contributed by atoms with Gasteiger partial charge >= 0.3 is 11.9 Å². The third-order valence-electron chi connectivity index (χ3n) is 2.03. The van der Waals surface area contributed by atoms with Gasteiger partial charge in [0.15, 0.2) is 0 Å². The van der Waals surface area contributed by atoms with E-state index in [1.807, 2.05) is 0 Å². The molecular formula is C12H27NO5. The highest BCUT2D eigenvalue weighted by Crippen LogP contribution is 2.08. The van der Waals surface area contributed by atoms with Crippen molar-refractivity contribution in [2.75, 3.05) is 6.61 Å². The zero-order valence-electron chi connectivity index (χ0n) is 11.2. The van der Waals surface area contributed by atoms with E-state index in [-0.39, 0.29) is 25.6 Å². The molecule has 0 rings (SSSR count). The first-order valence-corrected chi connectivity index (χ1v) is 6.09. The van der Waals surface area contributed by atoms with Crippen molar-refractivity contribution < 1.29 is 24.9 Å². The number of unbranched alkanes of at least 4 members (excludes halogenated alkanes) is 5. The Labute approximate surface area is 109 Å². The second-order valence-electron chi connectivity index (χ2n) is 3.73. The van der Waals surface area contributed by atoms with E-state index in [0.717, 1.165) is 38.5 Å². The molecule has 0 unspecified atom stereocenters. The van der Waals surface area contributed by atoms with Gasteiger partial charge in [-0.1, -0.05) is 25.7 Å². The maximum absolute atomic E-state index is 10.1. The minimum atomic E-state index is -0.740. The van der Waals surface area contributed by atoms with E-state index in [9.17, 15) is 9.59 Å². The summed E-state index contributed by atoms with van der Waals surface area (Å²) in [5, 5.41) is 24.3. The number of hydrogen-bond acceptors (Lipinski definition) is 4. The van der Waals surface area contributed by atoms with Crippen LogP contribution in [0, 0.1) is 0 Å². The van der Waals surface area contributed by atoms with Gasteiger partial charge in [-0.2, -0.15) is 0 Å². The molecule has 0 aromatic heterocycles. The van der Waals surface area contributed by atoms with Crippen LogP contribution in [-0.2, 0) is 9.59 Å². The van der Waals surface area contributed by atoms with Crippen molar-refractivity contribution in [3.8, 4) is 0 Å². The van der Waals surface area contributed by atoms with Crippen LogP contribution in [0.5, 0.6) is 0 Å². The molecule has 0 bridgehead atoms. The van der Waals surface area contributed by atoms with Gasteiger partial charge in [-0.15, -0.1) is 0 Å². The molecule has 0 atom stereocenters. The van der Waals surface area contributed by atoms with Gasteiger partial charge in [0.25, 0.3) is 0 Å². The van der Waals surface area contributed by atoms with Gasteiger partial charge in [0.2, 0.25) is 0 Å². The average molecular weight is 265 g/mol. The summed E-state index contributed by atoms with van der Waals surface area (Å²) in [4.78, 5) is 20.3. The van der Waals surface area contributed by atoms with Gasteiger partial charge in [-0.3, -0.25) is 9.59 Å². The van der Waals surface area contributed by atoms with Crippen LogP contribution in [0.2, 0.25) is 0 Å². The molecule has 0 aromatic carbocycles. The second kappa shape index (κ2) is 18.2. The van der Waals surface area contributed by atoms with E-state index in [0.29, 0.717) is 0 Å². The smallest absolute Gasteiger partial charge is 0.303 e. The highest BCUT2D eigenvalue weighted by atomic mass is 16.4. The maximum Gasteiger partial charge on any atom is 0.303 e. The van der Waals surface area contributed by atoms with Crippen LogP contribution in [-0.4, -0.2) is 33.9 Å². The van der Waals surface area contributed by atoms with Crippen molar-refractivity contribution in [3.05, 3.63) is 0 Å². The largest absolute Gasteiger partial charge is 0.481 e. The predicted octanol–water partition coefficient (Wildman–Crippen LogP) is 2.44. The molecule has 0 radical (unpaired) electrons. The molecule has 0 saturated carbocycles. The first-order valence-electron chi connectivity index (χ1n) is 6.09. The van der Waals surface area contributed by atoms with Crippen molar-refractivity contribution >= 4 is 11.9 Å². The van der Waals surface area contributed by atoms with Gasteiger partial charge in [0, 0.05) is 19.4 Å². The highest BCUT2D eigenvalue weighted by Gasteiger charge is 1.98. The Balaban J connectivity index is -0.000000507. The molecule has 110 valence electrons. The Morgan fingerprint density at radius 3 is 1.22 bits per heavy atom. The molecule has 6 nitrogen and oxygen atoms in total. The molecule has 6 heteroatoms. The number of carboxylic acid groups (broad SMARTS) is 2. The first-order chi connectivity index (χ1) is 8.04. The Morgan fingerprint density at radius 2 is 1.00 bits per heavy atom. The summed E-state index contributed by atoms with van der Waals surface area (Å²) < 4.78 is 0. The normalized spacial score (nSPS) is 8.78. The zero-order chi connectivity index (χ0) is 13.5. The lowest BCUT2D eigenvalue weighted by atomic mass is 10.1. The van der Waals surface area contributed by atoms with Gasteiger partial charge < -0.3 is 21.5 Å². The Morgan fingerprint density at radius 1 is 0.778 bits per heavy atom. The number of aliphatic hydroxyl groups excluding tert-OH is 1. The topological polar surface area (TPSA) is 130 Å². The lowest BCUT2D eigenvalue weighted by Crippen LogP contribution is -1.94. The number of rotatable bonds is 9. The van der Waals surface area contributed by atoms with Crippen LogP contribution >= 0.6 is 0 Å². The van der Waals surface area contributed by atoms with Crippen molar-refractivity contribution in [2.45, 2.75) is 58.3 Å². The van der Waals surface area contributed by atoms with E-state index in [2.05, 4.69) is 0 Å². The minimum absolute atomic E-state index is 0. The molecule has 0 aromatic rings. The van der Waals surface area contributed by atoms with Crippen LogP contribution in [0.15, 0.2) is 0 Å². The van der Waals surface area contributed by atoms with Crippen LogP contribution in [0.3, 0.4) is 0 Å². The van der Waals surface area contributed by atoms with E-state index in [1.54, 1.807) is 6.92 Å². The highest BCUT2D eigenvalue weighted by molar-refractivity contribution is 5.66. The Hall–Kier alpha value is -1.14. The fraction of sp³-hybridized carbons (Fsp3) is 0.833.